The quantitative estimate of drug-likeness (QED) is 0.513. The summed E-state index contributed by atoms with van der Waals surface area (Å²) in [5.74, 6) is -1.22. The van der Waals surface area contributed by atoms with E-state index in [4.69, 9.17) is 27.7 Å². The summed E-state index contributed by atoms with van der Waals surface area (Å²) in [5, 5.41) is 18.9. The minimum atomic E-state index is -1.03. The van der Waals surface area contributed by atoms with Crippen LogP contribution >= 0.6 is 23.2 Å². The van der Waals surface area contributed by atoms with E-state index in [-0.39, 0.29) is 27.9 Å². The normalized spacial score (nSPS) is 11.7. The first-order valence-electron chi connectivity index (χ1n) is 8.45. The standard InChI is InChI=1S/C19H16Cl2N4O4/c1-10-6-16(29-25-10)24-15(19(27)28)7-11-2-4-12(5-3-11)23-18(26)17-13(20)8-22-9-14(17)21/h2-6,8-9,15,24H,7H2,1H3,(H,23,26)(H,27,28). The Bertz CT molecular complexity index is 1020. The van der Waals surface area contributed by atoms with Crippen molar-refractivity contribution in [2.24, 2.45) is 0 Å². The van der Waals surface area contributed by atoms with Crippen LogP contribution < -0.4 is 10.6 Å². The predicted octanol–water partition coefficient (Wildman–Crippen LogP) is 4.04. The number of benzene rings is 1. The van der Waals surface area contributed by atoms with E-state index in [9.17, 15) is 14.7 Å². The molecule has 3 aromatic rings. The summed E-state index contributed by atoms with van der Waals surface area (Å²) >= 11 is 12.0. The monoisotopic (exact) mass is 434 g/mol. The number of aryl methyl sites for hydroxylation is 1. The van der Waals surface area contributed by atoms with Gasteiger partial charge in [0.1, 0.15) is 6.04 Å². The second-order valence-electron chi connectivity index (χ2n) is 6.20. The molecule has 0 aliphatic heterocycles. The summed E-state index contributed by atoms with van der Waals surface area (Å²) in [4.78, 5) is 27.7. The molecule has 0 spiro atoms. The zero-order valence-electron chi connectivity index (χ0n) is 15.1. The van der Waals surface area contributed by atoms with Crippen LogP contribution in [0, 0.1) is 6.92 Å². The number of hydrogen-bond acceptors (Lipinski definition) is 6. The van der Waals surface area contributed by atoms with Crippen LogP contribution in [0.4, 0.5) is 11.6 Å². The number of carbonyl (C=O) groups is 2. The number of anilines is 2. The molecule has 0 aliphatic carbocycles. The summed E-state index contributed by atoms with van der Waals surface area (Å²) in [6, 6.07) is 7.46. The Hall–Kier alpha value is -3.10. The number of nitrogens with one attached hydrogen (secondary N) is 2. The lowest BCUT2D eigenvalue weighted by molar-refractivity contribution is -0.137. The molecule has 8 nitrogen and oxygen atoms in total. The molecule has 0 bridgehead atoms. The second-order valence-corrected chi connectivity index (χ2v) is 7.02. The van der Waals surface area contributed by atoms with E-state index in [1.165, 1.54) is 12.4 Å². The van der Waals surface area contributed by atoms with Crippen molar-refractivity contribution in [3.05, 3.63) is 69.6 Å². The van der Waals surface area contributed by atoms with E-state index in [1.54, 1.807) is 37.3 Å². The number of hydrogen-bond donors (Lipinski definition) is 3. The third-order valence-corrected chi connectivity index (χ3v) is 4.55. The van der Waals surface area contributed by atoms with Crippen LogP contribution in [0.5, 0.6) is 0 Å². The highest BCUT2D eigenvalue weighted by atomic mass is 35.5. The number of nitrogens with zero attached hydrogens (tertiary/aromatic N) is 2. The van der Waals surface area contributed by atoms with Crippen LogP contribution in [-0.4, -0.2) is 33.2 Å². The molecule has 3 N–H and O–H groups in total. The number of rotatable bonds is 7. The smallest absolute Gasteiger partial charge is 0.326 e. The first-order valence-corrected chi connectivity index (χ1v) is 9.21. The van der Waals surface area contributed by atoms with Gasteiger partial charge in [0.25, 0.3) is 5.91 Å². The van der Waals surface area contributed by atoms with Crippen molar-refractivity contribution in [2.45, 2.75) is 19.4 Å². The highest BCUT2D eigenvalue weighted by Crippen LogP contribution is 2.24. The molecule has 0 fully saturated rings. The van der Waals surface area contributed by atoms with E-state index in [0.29, 0.717) is 11.4 Å². The Morgan fingerprint density at radius 1 is 1.17 bits per heavy atom. The number of carbonyl (C=O) groups excluding carboxylic acids is 1. The van der Waals surface area contributed by atoms with Crippen molar-refractivity contribution in [2.75, 3.05) is 10.6 Å². The molecule has 1 aromatic carbocycles. The van der Waals surface area contributed by atoms with Crippen molar-refractivity contribution < 1.29 is 19.2 Å². The second kappa shape index (κ2) is 8.93. The van der Waals surface area contributed by atoms with E-state index in [2.05, 4.69) is 20.8 Å². The average Bonchev–Trinajstić information content (AvgIpc) is 3.07. The van der Waals surface area contributed by atoms with Crippen molar-refractivity contribution in [1.29, 1.82) is 0 Å². The van der Waals surface area contributed by atoms with Crippen LogP contribution in [0.15, 0.2) is 47.2 Å². The van der Waals surface area contributed by atoms with Gasteiger partial charge < -0.3 is 20.3 Å². The van der Waals surface area contributed by atoms with Crippen LogP contribution in [0.25, 0.3) is 0 Å². The van der Waals surface area contributed by atoms with Gasteiger partial charge in [-0.3, -0.25) is 9.78 Å². The van der Waals surface area contributed by atoms with Gasteiger partial charge in [-0.25, -0.2) is 4.79 Å². The van der Waals surface area contributed by atoms with Gasteiger partial charge in [-0.15, -0.1) is 0 Å². The van der Waals surface area contributed by atoms with E-state index >= 15 is 0 Å². The SMILES string of the molecule is Cc1cc(NC(Cc2ccc(NC(=O)c3c(Cl)cncc3Cl)cc2)C(=O)O)on1. The van der Waals surface area contributed by atoms with Crippen LogP contribution in [-0.2, 0) is 11.2 Å². The highest BCUT2D eigenvalue weighted by molar-refractivity contribution is 6.40. The van der Waals surface area contributed by atoms with Crippen LogP contribution in [0.3, 0.4) is 0 Å². The molecule has 2 aromatic heterocycles. The van der Waals surface area contributed by atoms with Gasteiger partial charge in [-0.2, -0.15) is 0 Å². The topological polar surface area (TPSA) is 117 Å². The predicted molar refractivity (Wildman–Crippen MR) is 109 cm³/mol. The molecular formula is C19H16Cl2N4O4. The molecule has 2 heterocycles. The number of carboxylic acid groups (broad SMARTS) is 1. The Balaban J connectivity index is 1.67. The molecule has 10 heteroatoms. The molecule has 0 aliphatic rings. The Kier molecular flexibility index (Phi) is 6.36. The first-order chi connectivity index (χ1) is 13.8. The number of carboxylic acids is 1. The lowest BCUT2D eigenvalue weighted by Gasteiger charge is -2.14. The minimum absolute atomic E-state index is 0.130. The maximum atomic E-state index is 12.4. The number of halogens is 2. The lowest BCUT2D eigenvalue weighted by Crippen LogP contribution is -2.31. The summed E-state index contributed by atoms with van der Waals surface area (Å²) in [6.07, 6.45) is 2.87. The fourth-order valence-electron chi connectivity index (χ4n) is 2.59. The van der Waals surface area contributed by atoms with Gasteiger partial charge in [-0.1, -0.05) is 40.5 Å². The fraction of sp³-hybridized carbons (Fsp3) is 0.158. The van der Waals surface area contributed by atoms with E-state index in [1.807, 2.05) is 0 Å². The van der Waals surface area contributed by atoms with Crippen molar-refractivity contribution in [1.82, 2.24) is 10.1 Å². The molecule has 1 amide bonds. The minimum Gasteiger partial charge on any atom is -0.480 e. The summed E-state index contributed by atoms with van der Waals surface area (Å²) in [7, 11) is 0. The van der Waals surface area contributed by atoms with Gasteiger partial charge >= 0.3 is 5.97 Å². The number of pyridine rings is 1. The summed E-state index contributed by atoms with van der Waals surface area (Å²) in [5.41, 5.74) is 2.03. The molecular weight excluding hydrogens is 419 g/mol. The largest absolute Gasteiger partial charge is 0.480 e. The lowest BCUT2D eigenvalue weighted by atomic mass is 10.1. The molecule has 3 rings (SSSR count). The third kappa shape index (κ3) is 5.24. The van der Waals surface area contributed by atoms with Gasteiger partial charge in [0.05, 0.1) is 21.3 Å². The average molecular weight is 435 g/mol. The zero-order valence-corrected chi connectivity index (χ0v) is 16.7. The maximum Gasteiger partial charge on any atom is 0.326 e. The number of aliphatic carboxylic acids is 1. The van der Waals surface area contributed by atoms with Crippen molar-refractivity contribution in [3.8, 4) is 0 Å². The van der Waals surface area contributed by atoms with Crippen molar-refractivity contribution in [3.63, 3.8) is 0 Å². The Morgan fingerprint density at radius 2 is 1.83 bits per heavy atom. The molecule has 29 heavy (non-hydrogen) atoms. The van der Waals surface area contributed by atoms with Gasteiger partial charge in [0, 0.05) is 30.6 Å². The molecule has 150 valence electrons. The maximum absolute atomic E-state index is 12.4. The first kappa shape index (κ1) is 20.6. The molecule has 1 atom stereocenters. The molecule has 0 saturated carbocycles. The third-order valence-electron chi connectivity index (χ3n) is 3.97. The highest BCUT2D eigenvalue weighted by Gasteiger charge is 2.20. The van der Waals surface area contributed by atoms with Gasteiger partial charge in [0.2, 0.25) is 5.88 Å². The van der Waals surface area contributed by atoms with Crippen LogP contribution in [0.2, 0.25) is 10.0 Å². The molecule has 1 unspecified atom stereocenters. The Morgan fingerprint density at radius 3 is 2.38 bits per heavy atom. The Labute approximate surface area is 175 Å². The van der Waals surface area contributed by atoms with E-state index < -0.39 is 17.9 Å². The van der Waals surface area contributed by atoms with Crippen molar-refractivity contribution >= 4 is 46.6 Å². The fourth-order valence-corrected chi connectivity index (χ4v) is 3.12. The number of amides is 1. The summed E-state index contributed by atoms with van der Waals surface area (Å²) < 4.78 is 5.01. The van der Waals surface area contributed by atoms with Gasteiger partial charge in [0.15, 0.2) is 0 Å². The number of aromatic nitrogens is 2. The molecule has 0 saturated heterocycles. The molecule has 0 radical (unpaired) electrons. The van der Waals surface area contributed by atoms with Crippen LogP contribution in [0.1, 0.15) is 21.6 Å². The zero-order chi connectivity index (χ0) is 21.0. The van der Waals surface area contributed by atoms with E-state index in [0.717, 1.165) is 5.56 Å². The van der Waals surface area contributed by atoms with Gasteiger partial charge in [-0.05, 0) is 24.6 Å². The summed E-state index contributed by atoms with van der Waals surface area (Å²) in [6.45, 7) is 1.74.